The zero-order valence-corrected chi connectivity index (χ0v) is 8.27. The molecule has 14 heavy (non-hydrogen) atoms. The van der Waals surface area contributed by atoms with Gasteiger partial charge in [0.2, 0.25) is 0 Å². The van der Waals surface area contributed by atoms with E-state index in [9.17, 15) is 0 Å². The van der Waals surface area contributed by atoms with Crippen LogP contribution in [-0.4, -0.2) is 38.4 Å². The molecule has 0 N–H and O–H groups in total. The fourth-order valence-corrected chi connectivity index (χ4v) is 1.49. The Balaban J connectivity index is 2.13. The molecule has 1 fully saturated rings. The smallest absolute Gasteiger partial charge is 0.132 e. The van der Waals surface area contributed by atoms with E-state index in [0.717, 1.165) is 37.9 Å². The third kappa shape index (κ3) is 1.96. The number of methoxy groups -OCH3 is 1. The summed E-state index contributed by atoms with van der Waals surface area (Å²) in [6.45, 7) is 3.36. The maximum atomic E-state index is 5.28. The van der Waals surface area contributed by atoms with Gasteiger partial charge in [0, 0.05) is 25.4 Å². The number of hydrogen-bond acceptors (Lipinski definition) is 4. The Morgan fingerprint density at radius 1 is 1.43 bits per heavy atom. The first-order valence-electron chi connectivity index (χ1n) is 4.73. The molecule has 1 aliphatic heterocycles. The van der Waals surface area contributed by atoms with Gasteiger partial charge in [-0.05, 0) is 6.07 Å². The minimum Gasteiger partial charge on any atom is -0.497 e. The second kappa shape index (κ2) is 4.28. The van der Waals surface area contributed by atoms with Gasteiger partial charge in [-0.3, -0.25) is 0 Å². The molecule has 1 aromatic heterocycles. The Hall–Kier alpha value is -1.29. The lowest BCUT2D eigenvalue weighted by molar-refractivity contribution is 0.122. The Labute approximate surface area is 83.5 Å². The Bertz CT molecular complexity index is 298. The number of pyridine rings is 1. The molecule has 0 radical (unpaired) electrons. The molecule has 0 saturated carbocycles. The number of aromatic nitrogens is 1. The Kier molecular flexibility index (Phi) is 2.84. The van der Waals surface area contributed by atoms with Crippen molar-refractivity contribution in [3.63, 3.8) is 0 Å². The summed E-state index contributed by atoms with van der Waals surface area (Å²) >= 11 is 0. The first kappa shape index (κ1) is 9.27. The third-order valence-electron chi connectivity index (χ3n) is 2.29. The molecule has 76 valence electrons. The lowest BCUT2D eigenvalue weighted by atomic mass is 10.3. The summed E-state index contributed by atoms with van der Waals surface area (Å²) in [4.78, 5) is 6.50. The number of nitrogens with zero attached hydrogens (tertiary/aromatic N) is 2. The van der Waals surface area contributed by atoms with Crippen LogP contribution < -0.4 is 9.64 Å². The molecule has 0 unspecified atom stereocenters. The molecule has 1 aromatic rings. The first-order chi connectivity index (χ1) is 6.90. The zero-order chi connectivity index (χ0) is 9.80. The van der Waals surface area contributed by atoms with Crippen LogP contribution in [0.1, 0.15) is 0 Å². The van der Waals surface area contributed by atoms with Crippen molar-refractivity contribution in [3.8, 4) is 5.75 Å². The molecule has 0 aromatic carbocycles. The highest BCUT2D eigenvalue weighted by Crippen LogP contribution is 2.18. The highest BCUT2D eigenvalue weighted by atomic mass is 16.5. The van der Waals surface area contributed by atoms with Gasteiger partial charge in [-0.1, -0.05) is 0 Å². The van der Waals surface area contributed by atoms with Crippen LogP contribution >= 0.6 is 0 Å². The molecule has 1 aliphatic rings. The minimum atomic E-state index is 0.777. The number of rotatable bonds is 2. The summed E-state index contributed by atoms with van der Waals surface area (Å²) in [5, 5.41) is 0. The van der Waals surface area contributed by atoms with Gasteiger partial charge in [0.05, 0.1) is 20.3 Å². The van der Waals surface area contributed by atoms with Crippen LogP contribution in [0.4, 0.5) is 5.82 Å². The molecule has 4 heteroatoms. The van der Waals surface area contributed by atoms with Gasteiger partial charge in [-0.25, -0.2) is 4.98 Å². The normalized spacial score (nSPS) is 16.8. The molecule has 4 nitrogen and oxygen atoms in total. The maximum Gasteiger partial charge on any atom is 0.132 e. The average molecular weight is 194 g/mol. The van der Waals surface area contributed by atoms with Crippen LogP contribution in [0, 0.1) is 0 Å². The zero-order valence-electron chi connectivity index (χ0n) is 8.27. The highest BCUT2D eigenvalue weighted by Gasteiger charge is 2.12. The second-order valence-electron chi connectivity index (χ2n) is 3.15. The van der Waals surface area contributed by atoms with Crippen molar-refractivity contribution in [2.75, 3.05) is 38.3 Å². The monoisotopic (exact) mass is 194 g/mol. The average Bonchev–Trinajstić information content (AvgIpc) is 2.30. The number of anilines is 1. The van der Waals surface area contributed by atoms with Crippen LogP contribution in [0.5, 0.6) is 5.75 Å². The fraction of sp³-hybridized carbons (Fsp3) is 0.500. The maximum absolute atomic E-state index is 5.28. The van der Waals surface area contributed by atoms with E-state index in [2.05, 4.69) is 9.88 Å². The molecule has 2 rings (SSSR count). The van der Waals surface area contributed by atoms with Crippen LogP contribution in [-0.2, 0) is 4.74 Å². The Morgan fingerprint density at radius 2 is 2.21 bits per heavy atom. The predicted octanol–water partition coefficient (Wildman–Crippen LogP) is 0.927. The molecular weight excluding hydrogens is 180 g/mol. The van der Waals surface area contributed by atoms with Gasteiger partial charge in [0.1, 0.15) is 11.6 Å². The number of ether oxygens (including phenoxy) is 2. The van der Waals surface area contributed by atoms with Crippen LogP contribution in [0.2, 0.25) is 0 Å². The standard InChI is InChI=1S/C10H14N2O2/c1-13-9-2-3-11-10(8-9)12-4-6-14-7-5-12/h2-3,8H,4-7H2,1H3. The predicted molar refractivity (Wildman–Crippen MR) is 53.8 cm³/mol. The SMILES string of the molecule is COc1ccnc(N2CCOCC2)c1. The van der Waals surface area contributed by atoms with Crippen LogP contribution in [0.25, 0.3) is 0 Å². The van der Waals surface area contributed by atoms with Gasteiger partial charge >= 0.3 is 0 Å². The van der Waals surface area contributed by atoms with Gasteiger partial charge in [0.25, 0.3) is 0 Å². The van der Waals surface area contributed by atoms with Crippen molar-refractivity contribution >= 4 is 5.82 Å². The van der Waals surface area contributed by atoms with Gasteiger partial charge in [0.15, 0.2) is 0 Å². The molecule has 0 bridgehead atoms. The van der Waals surface area contributed by atoms with E-state index < -0.39 is 0 Å². The van der Waals surface area contributed by atoms with Crippen LogP contribution in [0.3, 0.4) is 0 Å². The topological polar surface area (TPSA) is 34.6 Å². The lowest BCUT2D eigenvalue weighted by Crippen LogP contribution is -2.36. The second-order valence-corrected chi connectivity index (χ2v) is 3.15. The van der Waals surface area contributed by atoms with E-state index in [1.165, 1.54) is 0 Å². The largest absolute Gasteiger partial charge is 0.497 e. The van der Waals surface area contributed by atoms with Gasteiger partial charge in [-0.15, -0.1) is 0 Å². The van der Waals surface area contributed by atoms with Crippen LogP contribution in [0.15, 0.2) is 18.3 Å². The lowest BCUT2D eigenvalue weighted by Gasteiger charge is -2.27. The molecule has 0 amide bonds. The van der Waals surface area contributed by atoms with Crippen molar-refractivity contribution < 1.29 is 9.47 Å². The molecular formula is C10H14N2O2. The minimum absolute atomic E-state index is 0.777. The van der Waals surface area contributed by atoms with Crippen molar-refractivity contribution in [2.45, 2.75) is 0 Å². The number of morpholine rings is 1. The summed E-state index contributed by atoms with van der Waals surface area (Å²) in [7, 11) is 1.67. The van der Waals surface area contributed by atoms with Crippen molar-refractivity contribution in [1.29, 1.82) is 0 Å². The first-order valence-corrected chi connectivity index (χ1v) is 4.73. The summed E-state index contributed by atoms with van der Waals surface area (Å²) in [5.74, 6) is 1.81. The highest BCUT2D eigenvalue weighted by molar-refractivity contribution is 5.43. The van der Waals surface area contributed by atoms with Gasteiger partial charge < -0.3 is 14.4 Å². The van der Waals surface area contributed by atoms with E-state index in [-0.39, 0.29) is 0 Å². The molecule has 2 heterocycles. The Morgan fingerprint density at radius 3 is 2.93 bits per heavy atom. The summed E-state index contributed by atoms with van der Waals surface area (Å²) in [6, 6.07) is 3.80. The van der Waals surface area contributed by atoms with Crippen molar-refractivity contribution in [3.05, 3.63) is 18.3 Å². The summed E-state index contributed by atoms with van der Waals surface area (Å²) in [6.07, 6.45) is 1.77. The summed E-state index contributed by atoms with van der Waals surface area (Å²) < 4.78 is 10.4. The molecule has 0 aliphatic carbocycles. The number of hydrogen-bond donors (Lipinski definition) is 0. The summed E-state index contributed by atoms with van der Waals surface area (Å²) in [5.41, 5.74) is 0. The van der Waals surface area contributed by atoms with Gasteiger partial charge in [-0.2, -0.15) is 0 Å². The van der Waals surface area contributed by atoms with E-state index in [1.807, 2.05) is 12.1 Å². The third-order valence-corrected chi connectivity index (χ3v) is 2.29. The molecule has 1 saturated heterocycles. The quantitative estimate of drug-likeness (QED) is 0.701. The van der Waals surface area contributed by atoms with Crippen molar-refractivity contribution in [2.24, 2.45) is 0 Å². The fourth-order valence-electron chi connectivity index (χ4n) is 1.49. The molecule has 0 spiro atoms. The van der Waals surface area contributed by atoms with E-state index in [1.54, 1.807) is 13.3 Å². The van der Waals surface area contributed by atoms with E-state index in [0.29, 0.717) is 0 Å². The van der Waals surface area contributed by atoms with Crippen molar-refractivity contribution in [1.82, 2.24) is 4.98 Å². The van der Waals surface area contributed by atoms with E-state index >= 15 is 0 Å². The molecule has 0 atom stereocenters. The van der Waals surface area contributed by atoms with E-state index in [4.69, 9.17) is 9.47 Å².